The van der Waals surface area contributed by atoms with Gasteiger partial charge in [0.2, 0.25) is 11.8 Å². The van der Waals surface area contributed by atoms with Gasteiger partial charge >= 0.3 is 0 Å². The van der Waals surface area contributed by atoms with E-state index in [0.717, 1.165) is 4.31 Å². The Morgan fingerprint density at radius 3 is 2.24 bits per heavy atom. The molecule has 220 valence electrons. The van der Waals surface area contributed by atoms with Crippen LogP contribution in [0.25, 0.3) is 0 Å². The maximum atomic E-state index is 14.0. The van der Waals surface area contributed by atoms with Crippen molar-refractivity contribution >= 4 is 50.7 Å². The van der Waals surface area contributed by atoms with Crippen molar-refractivity contribution in [1.29, 1.82) is 0 Å². The zero-order valence-electron chi connectivity index (χ0n) is 23.3. The van der Waals surface area contributed by atoms with Gasteiger partial charge in [0.1, 0.15) is 12.6 Å². The van der Waals surface area contributed by atoms with Crippen LogP contribution in [0.5, 0.6) is 11.5 Å². The monoisotopic (exact) mass is 621 g/mol. The minimum Gasteiger partial charge on any atom is -0.493 e. The van der Waals surface area contributed by atoms with Crippen LogP contribution in [0, 0.1) is 0 Å². The van der Waals surface area contributed by atoms with Crippen molar-refractivity contribution in [3.05, 3.63) is 82.3 Å². The Balaban J connectivity index is 2.08. The lowest BCUT2D eigenvalue weighted by atomic mass is 10.1. The molecule has 3 aromatic rings. The number of halogens is 2. The lowest BCUT2D eigenvalue weighted by Crippen LogP contribution is -2.51. The number of nitrogens with one attached hydrogen (secondary N) is 1. The Morgan fingerprint density at radius 2 is 1.63 bits per heavy atom. The SMILES string of the molecule is CCCNC(=O)[C@@H](C)N(Cc1ccc(Cl)cc1Cl)C(=O)CN(c1ccc(OC)c(OC)c1)S(=O)(=O)c1ccccc1. The van der Waals surface area contributed by atoms with Crippen molar-refractivity contribution < 1.29 is 27.5 Å². The zero-order chi connectivity index (χ0) is 30.2. The minimum atomic E-state index is -4.23. The molecule has 0 saturated carbocycles. The molecule has 0 spiro atoms. The second-order valence-electron chi connectivity index (χ2n) is 9.09. The molecular weight excluding hydrogens is 589 g/mol. The van der Waals surface area contributed by atoms with Gasteiger partial charge in [-0.2, -0.15) is 0 Å². The third-order valence-electron chi connectivity index (χ3n) is 6.34. The standard InChI is InChI=1S/C29H33Cl2N3O6S/c1-5-15-32-29(36)20(2)33(18-21-11-12-22(30)16-25(21)31)28(35)19-34(41(37,38)24-9-7-6-8-10-24)23-13-14-26(39-3)27(17-23)40-4/h6-14,16-17,20H,5,15,18-19H2,1-4H3,(H,32,36)/t20-/m1/s1. The molecule has 0 saturated heterocycles. The number of anilines is 1. The van der Waals surface area contributed by atoms with Crippen LogP contribution in [0.3, 0.4) is 0 Å². The summed E-state index contributed by atoms with van der Waals surface area (Å²) in [5, 5.41) is 3.52. The fraction of sp³-hybridized carbons (Fsp3) is 0.310. The number of hydrogen-bond acceptors (Lipinski definition) is 6. The molecule has 2 amide bonds. The summed E-state index contributed by atoms with van der Waals surface area (Å²) in [7, 11) is -1.34. The predicted molar refractivity (Wildman–Crippen MR) is 160 cm³/mol. The van der Waals surface area contributed by atoms with E-state index in [9.17, 15) is 18.0 Å². The van der Waals surface area contributed by atoms with Crippen LogP contribution in [-0.4, -0.2) is 58.5 Å². The Bertz CT molecular complexity index is 1470. The highest BCUT2D eigenvalue weighted by molar-refractivity contribution is 7.92. The summed E-state index contributed by atoms with van der Waals surface area (Å²) in [6.45, 7) is 3.26. The maximum Gasteiger partial charge on any atom is 0.264 e. The molecule has 3 rings (SSSR count). The van der Waals surface area contributed by atoms with E-state index in [1.165, 1.54) is 43.4 Å². The fourth-order valence-corrected chi connectivity index (χ4v) is 5.94. The topological polar surface area (TPSA) is 105 Å². The summed E-state index contributed by atoms with van der Waals surface area (Å²) in [6.07, 6.45) is 0.706. The number of benzene rings is 3. The molecule has 1 N–H and O–H groups in total. The molecule has 0 heterocycles. The zero-order valence-corrected chi connectivity index (χ0v) is 25.6. The van der Waals surface area contributed by atoms with Crippen molar-refractivity contribution in [2.75, 3.05) is 31.6 Å². The van der Waals surface area contributed by atoms with Crippen molar-refractivity contribution in [1.82, 2.24) is 10.2 Å². The quantitative estimate of drug-likeness (QED) is 0.283. The summed E-state index contributed by atoms with van der Waals surface area (Å²) in [6, 6.07) is 16.2. The summed E-state index contributed by atoms with van der Waals surface area (Å²) >= 11 is 12.5. The first-order valence-corrected chi connectivity index (χ1v) is 15.0. The smallest absolute Gasteiger partial charge is 0.264 e. The lowest BCUT2D eigenvalue weighted by molar-refractivity contribution is -0.139. The average molecular weight is 623 g/mol. The van der Waals surface area contributed by atoms with E-state index >= 15 is 0 Å². The number of nitrogens with zero attached hydrogens (tertiary/aromatic N) is 2. The van der Waals surface area contributed by atoms with Gasteiger partial charge in [0, 0.05) is 29.2 Å². The first-order valence-electron chi connectivity index (χ1n) is 12.8. The van der Waals surface area contributed by atoms with Gasteiger partial charge in [0.15, 0.2) is 11.5 Å². The number of methoxy groups -OCH3 is 2. The highest BCUT2D eigenvalue weighted by Crippen LogP contribution is 2.34. The lowest BCUT2D eigenvalue weighted by Gasteiger charge is -2.32. The first kappa shape index (κ1) is 32.0. The van der Waals surface area contributed by atoms with Crippen LogP contribution in [-0.2, 0) is 26.2 Å². The highest BCUT2D eigenvalue weighted by atomic mass is 35.5. The van der Waals surface area contributed by atoms with E-state index in [2.05, 4.69) is 5.32 Å². The summed E-state index contributed by atoms with van der Waals surface area (Å²) in [5.41, 5.74) is 0.718. The Kier molecular flexibility index (Phi) is 11.3. The van der Waals surface area contributed by atoms with Crippen molar-refractivity contribution in [2.45, 2.75) is 37.8 Å². The Morgan fingerprint density at radius 1 is 0.951 bits per heavy atom. The number of hydrogen-bond donors (Lipinski definition) is 1. The number of ether oxygens (including phenoxy) is 2. The molecule has 3 aromatic carbocycles. The number of rotatable bonds is 13. The van der Waals surface area contributed by atoms with Gasteiger partial charge in [0.25, 0.3) is 10.0 Å². The average Bonchev–Trinajstić information content (AvgIpc) is 2.97. The second kappa shape index (κ2) is 14.4. The molecule has 0 aliphatic heterocycles. The van der Waals surface area contributed by atoms with Gasteiger partial charge in [-0.15, -0.1) is 0 Å². The summed E-state index contributed by atoms with van der Waals surface area (Å²) < 4.78 is 39.5. The van der Waals surface area contributed by atoms with Crippen LogP contribution in [0.1, 0.15) is 25.8 Å². The van der Waals surface area contributed by atoms with E-state index in [-0.39, 0.29) is 28.8 Å². The van der Waals surface area contributed by atoms with Crippen LogP contribution in [0.15, 0.2) is 71.6 Å². The van der Waals surface area contributed by atoms with E-state index in [1.807, 2.05) is 6.92 Å². The molecular formula is C29H33Cl2N3O6S. The molecule has 0 radical (unpaired) electrons. The normalized spacial score (nSPS) is 11.9. The van der Waals surface area contributed by atoms with Crippen molar-refractivity contribution in [3.63, 3.8) is 0 Å². The third-order valence-corrected chi connectivity index (χ3v) is 8.71. The molecule has 9 nitrogen and oxygen atoms in total. The van der Waals surface area contributed by atoms with E-state index < -0.39 is 28.5 Å². The fourth-order valence-electron chi connectivity index (χ4n) is 4.04. The molecule has 41 heavy (non-hydrogen) atoms. The van der Waals surface area contributed by atoms with Gasteiger partial charge in [-0.05, 0) is 55.3 Å². The largest absolute Gasteiger partial charge is 0.493 e. The molecule has 0 aliphatic carbocycles. The van der Waals surface area contributed by atoms with E-state index in [1.54, 1.807) is 49.4 Å². The first-order chi connectivity index (χ1) is 19.5. The van der Waals surface area contributed by atoms with Crippen LogP contribution < -0.4 is 19.1 Å². The number of sulfonamides is 1. The van der Waals surface area contributed by atoms with Gasteiger partial charge in [-0.25, -0.2) is 8.42 Å². The van der Waals surface area contributed by atoms with E-state index in [0.29, 0.717) is 34.3 Å². The number of carbonyl (C=O) groups is 2. The van der Waals surface area contributed by atoms with Gasteiger partial charge in [0.05, 0.1) is 24.8 Å². The van der Waals surface area contributed by atoms with Crippen molar-refractivity contribution in [2.24, 2.45) is 0 Å². The molecule has 0 aliphatic rings. The second-order valence-corrected chi connectivity index (χ2v) is 11.8. The summed E-state index contributed by atoms with van der Waals surface area (Å²) in [5.74, 6) is -0.332. The molecule has 12 heteroatoms. The van der Waals surface area contributed by atoms with Crippen LogP contribution >= 0.6 is 23.2 Å². The van der Waals surface area contributed by atoms with Crippen LogP contribution in [0.2, 0.25) is 10.0 Å². The maximum absolute atomic E-state index is 14.0. The van der Waals surface area contributed by atoms with Gasteiger partial charge in [-0.1, -0.05) is 54.4 Å². The Labute approximate surface area is 251 Å². The Hall–Kier alpha value is -3.47. The van der Waals surface area contributed by atoms with Crippen molar-refractivity contribution in [3.8, 4) is 11.5 Å². The van der Waals surface area contributed by atoms with E-state index in [4.69, 9.17) is 32.7 Å². The number of carbonyl (C=O) groups excluding carboxylic acids is 2. The molecule has 1 atom stereocenters. The van der Waals surface area contributed by atoms with Crippen LogP contribution in [0.4, 0.5) is 5.69 Å². The van der Waals surface area contributed by atoms with Gasteiger partial charge in [-0.3, -0.25) is 13.9 Å². The third kappa shape index (κ3) is 7.84. The number of amides is 2. The minimum absolute atomic E-state index is 0.0105. The van der Waals surface area contributed by atoms with Gasteiger partial charge < -0.3 is 19.7 Å². The summed E-state index contributed by atoms with van der Waals surface area (Å²) in [4.78, 5) is 28.3. The predicted octanol–water partition coefficient (Wildman–Crippen LogP) is 5.15. The molecule has 0 fully saturated rings. The highest BCUT2D eigenvalue weighted by Gasteiger charge is 2.33. The molecule has 0 aromatic heterocycles. The molecule has 0 unspecified atom stereocenters. The molecule has 0 bridgehead atoms.